The predicted molar refractivity (Wildman–Crippen MR) is 130 cm³/mol. The van der Waals surface area contributed by atoms with Crippen LogP contribution in [0.2, 0.25) is 0 Å². The molecule has 1 heterocycles. The zero-order valence-electron chi connectivity index (χ0n) is 18.3. The van der Waals surface area contributed by atoms with E-state index < -0.39 is 14.6 Å². The molecule has 0 aliphatic carbocycles. The Labute approximate surface area is 192 Å². The minimum absolute atomic E-state index is 0. The molecule has 0 saturated carbocycles. The number of nitrogens with one attached hydrogen (secondary N) is 1. The zero-order chi connectivity index (χ0) is 20.9. The maximum atomic E-state index is 12.3. The number of halogens is 1. The fourth-order valence-electron chi connectivity index (χ4n) is 3.34. The quantitative estimate of drug-likeness (QED) is 0.341. The molecule has 1 aromatic rings. The average molecular weight is 538 g/mol. The van der Waals surface area contributed by atoms with Gasteiger partial charge in [0.2, 0.25) is 0 Å². The van der Waals surface area contributed by atoms with Gasteiger partial charge in [0.1, 0.15) is 5.75 Å². The second kappa shape index (κ2) is 10.8. The highest BCUT2D eigenvalue weighted by atomic mass is 127. The minimum atomic E-state index is -3.08. The van der Waals surface area contributed by atoms with E-state index in [1.54, 1.807) is 21.0 Å². The minimum Gasteiger partial charge on any atom is -0.497 e. The molecule has 1 atom stereocenters. The Balaban J connectivity index is 0.00000420. The first-order valence-corrected chi connectivity index (χ1v) is 11.3. The topological polar surface area (TPSA) is 74.2 Å². The molecule has 1 aliphatic rings. The number of sulfone groups is 1. The Morgan fingerprint density at radius 2 is 2.07 bits per heavy atom. The Morgan fingerprint density at radius 3 is 2.62 bits per heavy atom. The molecule has 7 nitrogen and oxygen atoms in total. The summed E-state index contributed by atoms with van der Waals surface area (Å²) < 4.78 is 29.2. The van der Waals surface area contributed by atoms with Crippen LogP contribution in [0.3, 0.4) is 0 Å². The lowest BCUT2D eigenvalue weighted by Gasteiger charge is -2.39. The molecular weight excluding hydrogens is 503 g/mol. The van der Waals surface area contributed by atoms with E-state index in [9.17, 15) is 8.42 Å². The van der Waals surface area contributed by atoms with Crippen LogP contribution in [0.1, 0.15) is 32.4 Å². The summed E-state index contributed by atoms with van der Waals surface area (Å²) in [5.41, 5.74) is 1.13. The number of guanidine groups is 1. The Bertz CT molecular complexity index is 797. The van der Waals surface area contributed by atoms with Crippen molar-refractivity contribution in [1.29, 1.82) is 0 Å². The molecule has 0 spiro atoms. The van der Waals surface area contributed by atoms with Gasteiger partial charge in [-0.05, 0) is 52.6 Å². The standard InChI is InChI=1S/C20H34N4O3S.HI/c1-7-21-19(24-11-12-28(25,26)20(2,3)15-24)22-14-18(23(4)5)16-9-8-10-17(13-16)27-6;/h8-10,13,18H,7,11-12,14-15H2,1-6H3,(H,21,22);1H. The summed E-state index contributed by atoms with van der Waals surface area (Å²) in [5, 5.41) is 3.32. The zero-order valence-corrected chi connectivity index (χ0v) is 21.5. The van der Waals surface area contributed by atoms with Gasteiger partial charge in [-0.3, -0.25) is 4.99 Å². The number of methoxy groups -OCH3 is 1. The van der Waals surface area contributed by atoms with E-state index in [-0.39, 0.29) is 35.8 Å². The first-order valence-electron chi connectivity index (χ1n) is 9.67. The van der Waals surface area contributed by atoms with Crippen LogP contribution < -0.4 is 10.1 Å². The number of benzene rings is 1. The Morgan fingerprint density at radius 1 is 1.38 bits per heavy atom. The van der Waals surface area contributed by atoms with Crippen molar-refractivity contribution in [2.45, 2.75) is 31.6 Å². The fraction of sp³-hybridized carbons (Fsp3) is 0.650. The van der Waals surface area contributed by atoms with E-state index in [1.807, 2.05) is 39.2 Å². The molecule has 0 bridgehead atoms. The van der Waals surface area contributed by atoms with Crippen molar-refractivity contribution >= 4 is 39.8 Å². The maximum Gasteiger partial charge on any atom is 0.194 e. The molecule has 9 heteroatoms. The van der Waals surface area contributed by atoms with E-state index >= 15 is 0 Å². The van der Waals surface area contributed by atoms with Crippen molar-refractivity contribution in [3.8, 4) is 5.75 Å². The first-order chi connectivity index (χ1) is 13.1. The van der Waals surface area contributed by atoms with Crippen molar-refractivity contribution in [2.24, 2.45) is 4.99 Å². The van der Waals surface area contributed by atoms with E-state index in [0.29, 0.717) is 19.6 Å². The van der Waals surface area contributed by atoms with Crippen LogP contribution in [0, 0.1) is 0 Å². The summed E-state index contributed by atoms with van der Waals surface area (Å²) >= 11 is 0. The average Bonchev–Trinajstić information content (AvgIpc) is 2.63. The van der Waals surface area contributed by atoms with Crippen molar-refractivity contribution < 1.29 is 13.2 Å². The molecule has 166 valence electrons. The molecule has 1 N–H and O–H groups in total. The van der Waals surface area contributed by atoms with Gasteiger partial charge < -0.3 is 19.9 Å². The smallest absolute Gasteiger partial charge is 0.194 e. The van der Waals surface area contributed by atoms with Crippen LogP contribution in [-0.2, 0) is 9.84 Å². The second-order valence-electron chi connectivity index (χ2n) is 7.95. The Hall–Kier alpha value is -1.07. The molecule has 0 radical (unpaired) electrons. The maximum absolute atomic E-state index is 12.3. The van der Waals surface area contributed by atoms with Gasteiger partial charge >= 0.3 is 0 Å². The highest BCUT2D eigenvalue weighted by molar-refractivity contribution is 14.0. The summed E-state index contributed by atoms with van der Waals surface area (Å²) in [6.07, 6.45) is 0. The fourth-order valence-corrected chi connectivity index (χ4v) is 4.70. The summed E-state index contributed by atoms with van der Waals surface area (Å²) in [6.45, 7) is 7.79. The van der Waals surface area contributed by atoms with Crippen molar-refractivity contribution in [3.05, 3.63) is 29.8 Å². The first kappa shape index (κ1) is 26.0. The van der Waals surface area contributed by atoms with Crippen molar-refractivity contribution in [2.75, 3.05) is 53.1 Å². The van der Waals surface area contributed by atoms with Gasteiger partial charge in [0.05, 0.1) is 30.2 Å². The molecule has 1 aliphatic heterocycles. The van der Waals surface area contributed by atoms with Gasteiger partial charge in [0.25, 0.3) is 0 Å². The normalized spacial score (nSPS) is 19.4. The SMILES string of the molecule is CCNC(=NCC(c1cccc(OC)c1)N(C)C)N1CCS(=O)(=O)C(C)(C)C1.I. The highest BCUT2D eigenvalue weighted by Gasteiger charge is 2.41. The molecule has 0 amide bonds. The van der Waals surface area contributed by atoms with Gasteiger partial charge in [-0.15, -0.1) is 24.0 Å². The summed E-state index contributed by atoms with van der Waals surface area (Å²) in [5.74, 6) is 1.74. The predicted octanol–water partition coefficient (Wildman–Crippen LogP) is 2.39. The van der Waals surface area contributed by atoms with Crippen molar-refractivity contribution in [3.63, 3.8) is 0 Å². The third-order valence-electron chi connectivity index (χ3n) is 5.19. The molecule has 2 rings (SSSR count). The second-order valence-corrected chi connectivity index (χ2v) is 10.7. The van der Waals surface area contributed by atoms with E-state index in [4.69, 9.17) is 9.73 Å². The number of ether oxygens (including phenoxy) is 1. The van der Waals surface area contributed by atoms with Gasteiger partial charge in [0.15, 0.2) is 15.8 Å². The molecule has 29 heavy (non-hydrogen) atoms. The van der Waals surface area contributed by atoms with E-state index in [0.717, 1.165) is 23.8 Å². The number of nitrogens with zero attached hydrogens (tertiary/aromatic N) is 3. The van der Waals surface area contributed by atoms with Crippen LogP contribution in [0.25, 0.3) is 0 Å². The van der Waals surface area contributed by atoms with Gasteiger partial charge in [-0.1, -0.05) is 12.1 Å². The van der Waals surface area contributed by atoms with E-state index in [2.05, 4.69) is 21.2 Å². The van der Waals surface area contributed by atoms with Gasteiger partial charge in [0, 0.05) is 19.6 Å². The van der Waals surface area contributed by atoms with Crippen LogP contribution in [-0.4, -0.2) is 82.1 Å². The number of rotatable bonds is 6. The van der Waals surface area contributed by atoms with Gasteiger partial charge in [-0.2, -0.15) is 0 Å². The lowest BCUT2D eigenvalue weighted by Crippen LogP contribution is -2.57. The number of likely N-dealkylation sites (N-methyl/N-ethyl adjacent to an activating group) is 1. The van der Waals surface area contributed by atoms with E-state index in [1.165, 1.54) is 0 Å². The number of aliphatic imine (C=N–C) groups is 1. The van der Waals surface area contributed by atoms with Crippen LogP contribution >= 0.6 is 24.0 Å². The summed E-state index contributed by atoms with van der Waals surface area (Å²) in [6, 6.07) is 8.11. The molecular formula is C20H35IN4O3S. The lowest BCUT2D eigenvalue weighted by molar-refractivity contribution is 0.302. The lowest BCUT2D eigenvalue weighted by atomic mass is 10.1. The summed E-state index contributed by atoms with van der Waals surface area (Å²) in [7, 11) is 2.64. The van der Waals surface area contributed by atoms with Gasteiger partial charge in [-0.25, -0.2) is 8.42 Å². The Kier molecular flexibility index (Phi) is 9.68. The number of hydrogen-bond donors (Lipinski definition) is 1. The van der Waals surface area contributed by atoms with Crippen molar-refractivity contribution in [1.82, 2.24) is 15.1 Å². The number of hydrogen-bond acceptors (Lipinski definition) is 5. The van der Waals surface area contributed by atoms with Crippen LogP contribution in [0.4, 0.5) is 0 Å². The molecule has 0 aromatic heterocycles. The molecule has 1 aromatic carbocycles. The van der Waals surface area contributed by atoms with Crippen LogP contribution in [0.15, 0.2) is 29.3 Å². The third kappa shape index (κ3) is 6.45. The molecule has 1 fully saturated rings. The third-order valence-corrected chi connectivity index (χ3v) is 7.73. The highest BCUT2D eigenvalue weighted by Crippen LogP contribution is 2.25. The largest absolute Gasteiger partial charge is 0.497 e. The molecule has 1 saturated heterocycles. The molecule has 1 unspecified atom stereocenters. The summed E-state index contributed by atoms with van der Waals surface area (Å²) in [4.78, 5) is 9.05. The monoisotopic (exact) mass is 538 g/mol. The van der Waals surface area contributed by atoms with Crippen LogP contribution in [0.5, 0.6) is 5.75 Å².